The van der Waals surface area contributed by atoms with Gasteiger partial charge in [-0.3, -0.25) is 0 Å². The van der Waals surface area contributed by atoms with Gasteiger partial charge in [0.1, 0.15) is 5.75 Å². The van der Waals surface area contributed by atoms with E-state index in [0.29, 0.717) is 0 Å². The molecule has 0 unspecified atom stereocenters. The summed E-state index contributed by atoms with van der Waals surface area (Å²) >= 11 is 0. The SMILES string of the molecule is COc1cc(P(c2ccccc2)c2ccccc2)ccc1C(F)(F)F. The van der Waals surface area contributed by atoms with Crippen LogP contribution in [0.25, 0.3) is 0 Å². The highest BCUT2D eigenvalue weighted by molar-refractivity contribution is 7.79. The Balaban J connectivity index is 2.15. The first-order valence-electron chi connectivity index (χ1n) is 7.66. The van der Waals surface area contributed by atoms with E-state index < -0.39 is 19.7 Å². The molecule has 3 aromatic rings. The minimum atomic E-state index is -4.44. The van der Waals surface area contributed by atoms with Gasteiger partial charge in [0.05, 0.1) is 12.7 Å². The molecule has 0 atom stereocenters. The maximum atomic E-state index is 13.1. The lowest BCUT2D eigenvalue weighted by Gasteiger charge is -2.21. The van der Waals surface area contributed by atoms with Gasteiger partial charge in [-0.05, 0) is 36.0 Å². The normalized spacial score (nSPS) is 11.6. The fourth-order valence-corrected chi connectivity index (χ4v) is 4.96. The average Bonchev–Trinajstić information content (AvgIpc) is 2.63. The molecule has 1 nitrogen and oxygen atoms in total. The molecule has 0 amide bonds. The first-order chi connectivity index (χ1) is 12.0. The van der Waals surface area contributed by atoms with Crippen LogP contribution >= 0.6 is 7.92 Å². The molecular formula is C20H16F3OP. The van der Waals surface area contributed by atoms with Crippen LogP contribution in [-0.4, -0.2) is 7.11 Å². The van der Waals surface area contributed by atoms with Crippen molar-refractivity contribution in [2.24, 2.45) is 0 Å². The van der Waals surface area contributed by atoms with Crippen molar-refractivity contribution in [3.63, 3.8) is 0 Å². The van der Waals surface area contributed by atoms with Crippen molar-refractivity contribution in [2.45, 2.75) is 6.18 Å². The monoisotopic (exact) mass is 360 g/mol. The van der Waals surface area contributed by atoms with E-state index in [1.807, 2.05) is 60.7 Å². The maximum absolute atomic E-state index is 13.1. The fourth-order valence-electron chi connectivity index (χ4n) is 2.65. The van der Waals surface area contributed by atoms with Gasteiger partial charge in [-0.2, -0.15) is 13.2 Å². The second-order valence-electron chi connectivity index (χ2n) is 5.39. The van der Waals surface area contributed by atoms with Gasteiger partial charge >= 0.3 is 6.18 Å². The molecule has 0 fully saturated rings. The van der Waals surface area contributed by atoms with Crippen LogP contribution in [0.15, 0.2) is 78.9 Å². The molecule has 3 aromatic carbocycles. The molecule has 128 valence electrons. The van der Waals surface area contributed by atoms with E-state index in [9.17, 15) is 13.2 Å². The molecule has 0 aromatic heterocycles. The van der Waals surface area contributed by atoms with Crippen LogP contribution in [0.1, 0.15) is 5.56 Å². The van der Waals surface area contributed by atoms with Crippen LogP contribution in [0.5, 0.6) is 5.75 Å². The smallest absolute Gasteiger partial charge is 0.419 e. The summed E-state index contributed by atoms with van der Waals surface area (Å²) < 4.78 is 44.4. The first kappa shape index (κ1) is 17.5. The van der Waals surface area contributed by atoms with Crippen LogP contribution in [0.3, 0.4) is 0 Å². The maximum Gasteiger partial charge on any atom is 0.419 e. The number of methoxy groups -OCH3 is 1. The zero-order valence-electron chi connectivity index (χ0n) is 13.5. The van der Waals surface area contributed by atoms with Crippen molar-refractivity contribution in [3.8, 4) is 5.75 Å². The lowest BCUT2D eigenvalue weighted by atomic mass is 10.2. The standard InChI is InChI=1S/C20H16F3OP/c1-24-19-14-17(12-13-18(19)20(21,22)23)25(15-8-4-2-5-9-15)16-10-6-3-7-11-16/h2-14H,1H3. The van der Waals surface area contributed by atoms with Crippen molar-refractivity contribution in [3.05, 3.63) is 84.4 Å². The quantitative estimate of drug-likeness (QED) is 0.624. The Labute approximate surface area is 145 Å². The van der Waals surface area contributed by atoms with Gasteiger partial charge < -0.3 is 4.74 Å². The molecule has 0 heterocycles. The molecule has 25 heavy (non-hydrogen) atoms. The van der Waals surface area contributed by atoms with E-state index in [4.69, 9.17) is 4.74 Å². The van der Waals surface area contributed by atoms with Crippen molar-refractivity contribution < 1.29 is 17.9 Å². The minimum Gasteiger partial charge on any atom is -0.496 e. The van der Waals surface area contributed by atoms with E-state index in [1.54, 1.807) is 6.07 Å². The largest absolute Gasteiger partial charge is 0.496 e. The van der Waals surface area contributed by atoms with E-state index in [0.717, 1.165) is 22.0 Å². The van der Waals surface area contributed by atoms with E-state index in [-0.39, 0.29) is 5.75 Å². The van der Waals surface area contributed by atoms with Gasteiger partial charge in [0.15, 0.2) is 0 Å². The third-order valence-electron chi connectivity index (χ3n) is 3.78. The third-order valence-corrected chi connectivity index (χ3v) is 6.20. The Bertz CT molecular complexity index is 793. The second kappa shape index (κ2) is 7.28. The molecule has 0 spiro atoms. The average molecular weight is 360 g/mol. The van der Waals surface area contributed by atoms with Crippen molar-refractivity contribution in [2.75, 3.05) is 7.11 Å². The molecule has 0 aliphatic rings. The minimum absolute atomic E-state index is 0.149. The number of rotatable bonds is 4. The van der Waals surface area contributed by atoms with Gasteiger partial charge in [-0.25, -0.2) is 0 Å². The van der Waals surface area contributed by atoms with Gasteiger partial charge in [0.2, 0.25) is 0 Å². The van der Waals surface area contributed by atoms with E-state index in [1.165, 1.54) is 13.2 Å². The number of halogens is 3. The van der Waals surface area contributed by atoms with Crippen LogP contribution in [-0.2, 0) is 6.18 Å². The molecule has 0 bridgehead atoms. The van der Waals surface area contributed by atoms with Gasteiger partial charge in [-0.1, -0.05) is 66.7 Å². The topological polar surface area (TPSA) is 9.23 Å². The molecule has 0 saturated carbocycles. The highest BCUT2D eigenvalue weighted by atomic mass is 31.1. The fraction of sp³-hybridized carbons (Fsp3) is 0.100. The summed E-state index contributed by atoms with van der Waals surface area (Å²) in [5.74, 6) is -0.149. The van der Waals surface area contributed by atoms with Crippen LogP contribution in [0.2, 0.25) is 0 Å². The molecule has 0 N–H and O–H groups in total. The molecule has 0 aliphatic carbocycles. The molecule has 0 saturated heterocycles. The summed E-state index contributed by atoms with van der Waals surface area (Å²) in [7, 11) is 0.302. The molecule has 0 aliphatic heterocycles. The highest BCUT2D eigenvalue weighted by Crippen LogP contribution is 2.39. The predicted molar refractivity (Wildman–Crippen MR) is 96.7 cm³/mol. The molecule has 0 radical (unpaired) electrons. The number of alkyl halides is 3. The molecular weight excluding hydrogens is 344 g/mol. The number of benzene rings is 3. The molecule has 5 heteroatoms. The van der Waals surface area contributed by atoms with Crippen LogP contribution < -0.4 is 20.7 Å². The van der Waals surface area contributed by atoms with Crippen LogP contribution in [0.4, 0.5) is 13.2 Å². The summed E-state index contributed by atoms with van der Waals surface area (Å²) in [5, 5.41) is 2.97. The first-order valence-corrected chi connectivity index (χ1v) is 9.00. The van der Waals surface area contributed by atoms with Crippen LogP contribution in [0, 0.1) is 0 Å². The van der Waals surface area contributed by atoms with E-state index in [2.05, 4.69) is 0 Å². The summed E-state index contributed by atoms with van der Waals surface area (Å²) in [6.45, 7) is 0. The second-order valence-corrected chi connectivity index (χ2v) is 7.61. The Kier molecular flexibility index (Phi) is 5.10. The predicted octanol–water partition coefficient (Wildman–Crippen LogP) is 4.47. The lowest BCUT2D eigenvalue weighted by molar-refractivity contribution is -0.138. The van der Waals surface area contributed by atoms with Gasteiger partial charge in [0.25, 0.3) is 0 Å². The Morgan fingerprint density at radius 2 is 1.24 bits per heavy atom. The Hall–Kier alpha value is -2.32. The molecule has 3 rings (SSSR count). The van der Waals surface area contributed by atoms with Gasteiger partial charge in [0, 0.05) is 0 Å². The van der Waals surface area contributed by atoms with Gasteiger partial charge in [-0.15, -0.1) is 0 Å². The highest BCUT2D eigenvalue weighted by Gasteiger charge is 2.34. The Morgan fingerprint density at radius 1 is 0.720 bits per heavy atom. The van der Waals surface area contributed by atoms with Crippen molar-refractivity contribution in [1.82, 2.24) is 0 Å². The number of hydrogen-bond acceptors (Lipinski definition) is 1. The summed E-state index contributed by atoms with van der Waals surface area (Å²) in [6.07, 6.45) is -4.44. The summed E-state index contributed by atoms with van der Waals surface area (Å²) in [5.41, 5.74) is -0.755. The van der Waals surface area contributed by atoms with Crippen molar-refractivity contribution in [1.29, 1.82) is 0 Å². The van der Waals surface area contributed by atoms with E-state index >= 15 is 0 Å². The zero-order chi connectivity index (χ0) is 17.9. The lowest BCUT2D eigenvalue weighted by Crippen LogP contribution is -2.21. The summed E-state index contributed by atoms with van der Waals surface area (Å²) in [6, 6.07) is 23.8. The third kappa shape index (κ3) is 3.85. The number of hydrogen-bond donors (Lipinski definition) is 0. The number of ether oxygens (including phenoxy) is 1. The summed E-state index contributed by atoms with van der Waals surface area (Å²) in [4.78, 5) is 0. The Morgan fingerprint density at radius 3 is 1.68 bits per heavy atom. The van der Waals surface area contributed by atoms with Crippen molar-refractivity contribution >= 4 is 23.8 Å². The zero-order valence-corrected chi connectivity index (χ0v) is 14.4.